The van der Waals surface area contributed by atoms with E-state index in [1.807, 2.05) is 0 Å². The predicted octanol–water partition coefficient (Wildman–Crippen LogP) is 4.70. The fourth-order valence-corrected chi connectivity index (χ4v) is 3.01. The summed E-state index contributed by atoms with van der Waals surface area (Å²) in [6, 6.07) is 2.99. The van der Waals surface area contributed by atoms with Crippen molar-refractivity contribution < 1.29 is 18.0 Å². The topological polar surface area (TPSA) is 35.6 Å². The van der Waals surface area contributed by atoms with Gasteiger partial charge in [-0.2, -0.15) is 13.2 Å². The van der Waals surface area contributed by atoms with E-state index in [4.69, 9.17) is 11.6 Å². The van der Waals surface area contributed by atoms with E-state index >= 15 is 0 Å². The lowest BCUT2D eigenvalue weighted by molar-refractivity contribution is -0.137. The minimum Gasteiger partial charge on any atom is -0.322 e. The minimum atomic E-state index is -4.55. The van der Waals surface area contributed by atoms with Crippen molar-refractivity contribution >= 4 is 23.3 Å². The second-order valence-corrected chi connectivity index (χ2v) is 6.57. The first-order valence-electron chi connectivity index (χ1n) is 8.46. The third-order valence-electron chi connectivity index (χ3n) is 4.26. The van der Waals surface area contributed by atoms with Crippen molar-refractivity contribution in [3.63, 3.8) is 0 Å². The molecule has 0 bridgehead atoms. The van der Waals surface area contributed by atoms with Gasteiger partial charge in [0.05, 0.1) is 10.6 Å². The van der Waals surface area contributed by atoms with E-state index in [1.54, 1.807) is 4.90 Å². The highest BCUT2D eigenvalue weighted by atomic mass is 35.5. The number of carbonyl (C=O) groups is 1. The van der Waals surface area contributed by atoms with Gasteiger partial charge in [0, 0.05) is 31.9 Å². The Morgan fingerprint density at radius 1 is 1.20 bits per heavy atom. The van der Waals surface area contributed by atoms with Crippen LogP contribution in [0.25, 0.3) is 0 Å². The number of rotatable bonds is 5. The van der Waals surface area contributed by atoms with Crippen molar-refractivity contribution in [2.45, 2.75) is 32.4 Å². The third kappa shape index (κ3) is 5.78. The number of piperazine rings is 1. The molecule has 4 nitrogen and oxygen atoms in total. The van der Waals surface area contributed by atoms with E-state index < -0.39 is 11.7 Å². The van der Waals surface area contributed by atoms with Crippen LogP contribution in [0.1, 0.15) is 31.7 Å². The number of amides is 2. The molecule has 0 aliphatic carbocycles. The van der Waals surface area contributed by atoms with E-state index in [9.17, 15) is 18.0 Å². The monoisotopic (exact) mass is 377 g/mol. The van der Waals surface area contributed by atoms with Gasteiger partial charge in [0.15, 0.2) is 0 Å². The van der Waals surface area contributed by atoms with Gasteiger partial charge < -0.3 is 10.2 Å². The number of benzene rings is 1. The number of unbranched alkanes of at least 4 members (excludes halogenated alkanes) is 2. The number of hydrogen-bond donors (Lipinski definition) is 1. The lowest BCUT2D eigenvalue weighted by Crippen LogP contribution is -2.50. The number of alkyl halides is 3. The number of carbonyl (C=O) groups excluding carboxylic acids is 1. The highest BCUT2D eigenvalue weighted by Crippen LogP contribution is 2.36. The standard InChI is InChI=1S/C17H23ClF3N3O/c1-2-3-4-7-23-8-10-24(11-9-23)16(25)22-13-5-6-15(18)14(12-13)17(19,20)21/h5-6,12H,2-4,7-11H2,1H3,(H,22,25). The van der Waals surface area contributed by atoms with Crippen LogP contribution in [0.5, 0.6) is 0 Å². The van der Waals surface area contributed by atoms with Gasteiger partial charge in [0.2, 0.25) is 0 Å². The molecule has 2 rings (SSSR count). The van der Waals surface area contributed by atoms with Gasteiger partial charge in [-0.3, -0.25) is 4.90 Å². The van der Waals surface area contributed by atoms with Crippen molar-refractivity contribution in [1.29, 1.82) is 0 Å². The number of nitrogens with one attached hydrogen (secondary N) is 1. The third-order valence-corrected chi connectivity index (χ3v) is 4.59. The quantitative estimate of drug-likeness (QED) is 0.755. The Morgan fingerprint density at radius 3 is 2.48 bits per heavy atom. The Balaban J connectivity index is 1.89. The molecule has 1 aliphatic rings. The highest BCUT2D eigenvalue weighted by Gasteiger charge is 2.33. The van der Waals surface area contributed by atoms with Crippen molar-refractivity contribution in [1.82, 2.24) is 9.80 Å². The normalized spacial score (nSPS) is 16.1. The largest absolute Gasteiger partial charge is 0.417 e. The second kappa shape index (κ2) is 8.76. The van der Waals surface area contributed by atoms with E-state index in [2.05, 4.69) is 17.1 Å². The van der Waals surface area contributed by atoms with E-state index in [-0.39, 0.29) is 16.7 Å². The summed E-state index contributed by atoms with van der Waals surface area (Å²) in [6.07, 6.45) is -1.04. The van der Waals surface area contributed by atoms with Crippen LogP contribution in [-0.4, -0.2) is 48.6 Å². The molecule has 8 heteroatoms. The maximum atomic E-state index is 12.9. The molecule has 0 saturated carbocycles. The molecular formula is C17H23ClF3N3O. The molecule has 1 fully saturated rings. The molecule has 0 aromatic heterocycles. The van der Waals surface area contributed by atoms with Crippen LogP contribution in [0, 0.1) is 0 Å². The second-order valence-electron chi connectivity index (χ2n) is 6.16. The summed E-state index contributed by atoms with van der Waals surface area (Å²) < 4.78 is 38.6. The van der Waals surface area contributed by atoms with Gasteiger partial charge in [0.25, 0.3) is 0 Å². The summed E-state index contributed by atoms with van der Waals surface area (Å²) in [5.74, 6) is 0. The van der Waals surface area contributed by atoms with Crippen LogP contribution in [-0.2, 0) is 6.18 Å². The summed E-state index contributed by atoms with van der Waals surface area (Å²) in [7, 11) is 0. The molecule has 25 heavy (non-hydrogen) atoms. The zero-order valence-electron chi connectivity index (χ0n) is 14.2. The molecule has 140 valence electrons. The van der Waals surface area contributed by atoms with E-state index in [0.29, 0.717) is 13.1 Å². The fraction of sp³-hybridized carbons (Fsp3) is 0.588. The zero-order chi connectivity index (χ0) is 18.4. The molecule has 1 aromatic carbocycles. The Hall–Kier alpha value is -1.47. The maximum absolute atomic E-state index is 12.9. The molecule has 1 aromatic rings. The fourth-order valence-electron chi connectivity index (χ4n) is 2.78. The average Bonchev–Trinajstić information content (AvgIpc) is 2.56. The Bertz CT molecular complexity index is 587. The first-order chi connectivity index (χ1) is 11.8. The van der Waals surface area contributed by atoms with Gasteiger partial charge in [-0.15, -0.1) is 0 Å². The van der Waals surface area contributed by atoms with Gasteiger partial charge >= 0.3 is 12.2 Å². The van der Waals surface area contributed by atoms with Crippen molar-refractivity contribution in [3.05, 3.63) is 28.8 Å². The molecular weight excluding hydrogens is 355 g/mol. The predicted molar refractivity (Wildman–Crippen MR) is 93.0 cm³/mol. The van der Waals surface area contributed by atoms with Crippen LogP contribution in [0.2, 0.25) is 5.02 Å². The Labute approximate surface area is 150 Å². The smallest absolute Gasteiger partial charge is 0.322 e. The van der Waals surface area contributed by atoms with Gasteiger partial charge in [0.1, 0.15) is 0 Å². The maximum Gasteiger partial charge on any atom is 0.417 e. The van der Waals surface area contributed by atoms with Crippen molar-refractivity contribution in [2.75, 3.05) is 38.0 Å². The van der Waals surface area contributed by atoms with Gasteiger partial charge in [-0.25, -0.2) is 4.79 Å². The molecule has 0 unspecified atom stereocenters. The summed E-state index contributed by atoms with van der Waals surface area (Å²) in [5, 5.41) is 2.15. The first-order valence-corrected chi connectivity index (χ1v) is 8.84. The lowest BCUT2D eigenvalue weighted by atomic mass is 10.2. The molecule has 0 spiro atoms. The summed E-state index contributed by atoms with van der Waals surface area (Å²) in [4.78, 5) is 16.2. The summed E-state index contributed by atoms with van der Waals surface area (Å²) >= 11 is 5.59. The Kier molecular flexibility index (Phi) is 6.95. The number of nitrogens with zero attached hydrogens (tertiary/aromatic N) is 2. The lowest BCUT2D eigenvalue weighted by Gasteiger charge is -2.34. The number of urea groups is 1. The summed E-state index contributed by atoms with van der Waals surface area (Å²) in [5.41, 5.74) is -0.861. The number of anilines is 1. The van der Waals surface area contributed by atoms with E-state index in [1.165, 1.54) is 18.9 Å². The van der Waals surface area contributed by atoms with Crippen molar-refractivity contribution in [2.24, 2.45) is 0 Å². The molecule has 2 amide bonds. The van der Waals surface area contributed by atoms with Gasteiger partial charge in [-0.1, -0.05) is 31.4 Å². The van der Waals surface area contributed by atoms with Crippen LogP contribution >= 0.6 is 11.6 Å². The molecule has 1 N–H and O–H groups in total. The SMILES string of the molecule is CCCCCN1CCN(C(=O)Nc2ccc(Cl)c(C(F)(F)F)c2)CC1. The molecule has 1 heterocycles. The van der Waals surface area contributed by atoms with Crippen LogP contribution in [0.3, 0.4) is 0 Å². The average molecular weight is 378 g/mol. The molecule has 1 saturated heterocycles. The minimum absolute atomic E-state index is 0.0899. The van der Waals surface area contributed by atoms with Gasteiger partial charge in [-0.05, 0) is 31.2 Å². The van der Waals surface area contributed by atoms with Crippen molar-refractivity contribution in [3.8, 4) is 0 Å². The Morgan fingerprint density at radius 2 is 1.88 bits per heavy atom. The molecule has 0 atom stereocenters. The molecule has 0 radical (unpaired) electrons. The zero-order valence-corrected chi connectivity index (χ0v) is 15.0. The van der Waals surface area contributed by atoms with Crippen LogP contribution in [0.4, 0.5) is 23.7 Å². The van der Waals surface area contributed by atoms with Crippen LogP contribution < -0.4 is 5.32 Å². The number of halogens is 4. The summed E-state index contributed by atoms with van der Waals surface area (Å²) in [6.45, 7) is 5.88. The first kappa shape index (κ1) is 19.8. The van der Waals surface area contributed by atoms with Crippen LogP contribution in [0.15, 0.2) is 18.2 Å². The highest BCUT2D eigenvalue weighted by molar-refractivity contribution is 6.31. The number of hydrogen-bond acceptors (Lipinski definition) is 2. The van der Waals surface area contributed by atoms with E-state index in [0.717, 1.165) is 38.2 Å². The molecule has 1 aliphatic heterocycles.